The lowest BCUT2D eigenvalue weighted by Crippen LogP contribution is -2.24. The molecular weight excluding hydrogens is 210 g/mol. The Morgan fingerprint density at radius 1 is 1.60 bits per heavy atom. The van der Waals surface area contributed by atoms with Crippen LogP contribution in [0.2, 0.25) is 0 Å². The van der Waals surface area contributed by atoms with Gasteiger partial charge in [-0.25, -0.2) is 4.98 Å². The average Bonchev–Trinajstić information content (AvgIpc) is 2.77. The number of carbonyl (C=O) groups is 1. The van der Waals surface area contributed by atoms with E-state index in [4.69, 9.17) is 0 Å². The number of carbonyl (C=O) groups excluding carboxylic acids is 1. The van der Waals surface area contributed by atoms with Crippen molar-refractivity contribution in [3.63, 3.8) is 0 Å². The highest BCUT2D eigenvalue weighted by molar-refractivity contribution is 7.15. The van der Waals surface area contributed by atoms with E-state index in [1.54, 1.807) is 0 Å². The summed E-state index contributed by atoms with van der Waals surface area (Å²) in [5, 5.41) is 6.78. The molecule has 82 valence electrons. The van der Waals surface area contributed by atoms with E-state index in [2.05, 4.69) is 15.6 Å². The lowest BCUT2D eigenvalue weighted by molar-refractivity contribution is -0.119. The van der Waals surface area contributed by atoms with Gasteiger partial charge in [-0.1, -0.05) is 0 Å². The monoisotopic (exact) mass is 225 g/mol. The molecule has 0 unspecified atom stereocenters. The molecule has 15 heavy (non-hydrogen) atoms. The molecule has 1 fully saturated rings. The molecule has 2 rings (SSSR count). The van der Waals surface area contributed by atoms with Gasteiger partial charge < -0.3 is 10.6 Å². The third-order valence-corrected chi connectivity index (χ3v) is 3.68. The number of amides is 1. The van der Waals surface area contributed by atoms with Crippen LogP contribution in [0.1, 0.15) is 17.0 Å². The van der Waals surface area contributed by atoms with E-state index in [0.717, 1.165) is 35.2 Å². The first-order valence-corrected chi connectivity index (χ1v) is 5.94. The molecule has 0 bridgehead atoms. The van der Waals surface area contributed by atoms with Crippen LogP contribution in [0.5, 0.6) is 0 Å². The SMILES string of the molecule is Cc1nc(NC(=O)[C@@H]2CCNC2)sc1C. The van der Waals surface area contributed by atoms with Crippen molar-refractivity contribution in [2.45, 2.75) is 20.3 Å². The molecule has 0 aromatic carbocycles. The molecule has 1 aliphatic heterocycles. The zero-order valence-corrected chi connectivity index (χ0v) is 9.78. The number of aromatic nitrogens is 1. The van der Waals surface area contributed by atoms with Gasteiger partial charge in [0, 0.05) is 11.4 Å². The number of nitrogens with zero attached hydrogens (tertiary/aromatic N) is 1. The number of rotatable bonds is 2. The predicted octanol–water partition coefficient (Wildman–Crippen LogP) is 1.31. The van der Waals surface area contributed by atoms with E-state index < -0.39 is 0 Å². The molecule has 0 saturated carbocycles. The molecule has 0 aliphatic carbocycles. The molecule has 2 heterocycles. The third kappa shape index (κ3) is 2.35. The highest BCUT2D eigenvalue weighted by atomic mass is 32.1. The quantitative estimate of drug-likeness (QED) is 0.798. The topological polar surface area (TPSA) is 54.0 Å². The number of hydrogen-bond donors (Lipinski definition) is 2. The van der Waals surface area contributed by atoms with Crippen molar-refractivity contribution < 1.29 is 4.79 Å². The smallest absolute Gasteiger partial charge is 0.230 e. The third-order valence-electron chi connectivity index (χ3n) is 2.69. The van der Waals surface area contributed by atoms with Crippen molar-refractivity contribution in [2.24, 2.45) is 5.92 Å². The van der Waals surface area contributed by atoms with E-state index in [-0.39, 0.29) is 11.8 Å². The van der Waals surface area contributed by atoms with Crippen LogP contribution in [-0.2, 0) is 4.79 Å². The van der Waals surface area contributed by atoms with Gasteiger partial charge in [-0.2, -0.15) is 0 Å². The molecule has 5 heteroatoms. The van der Waals surface area contributed by atoms with E-state index in [1.807, 2.05) is 13.8 Å². The number of anilines is 1. The van der Waals surface area contributed by atoms with E-state index in [9.17, 15) is 4.79 Å². The lowest BCUT2D eigenvalue weighted by atomic mass is 10.1. The standard InChI is InChI=1S/C10H15N3OS/c1-6-7(2)15-10(12-6)13-9(14)8-3-4-11-5-8/h8,11H,3-5H2,1-2H3,(H,12,13,14)/t8-/m1/s1. The van der Waals surface area contributed by atoms with E-state index in [1.165, 1.54) is 11.3 Å². The summed E-state index contributed by atoms with van der Waals surface area (Å²) in [6.07, 6.45) is 0.926. The summed E-state index contributed by atoms with van der Waals surface area (Å²) in [5.41, 5.74) is 1.000. The number of nitrogens with one attached hydrogen (secondary N) is 2. The fourth-order valence-corrected chi connectivity index (χ4v) is 2.43. The molecule has 4 nitrogen and oxygen atoms in total. The molecule has 1 atom stereocenters. The molecule has 0 radical (unpaired) electrons. The van der Waals surface area contributed by atoms with Crippen LogP contribution < -0.4 is 10.6 Å². The summed E-state index contributed by atoms with van der Waals surface area (Å²) in [7, 11) is 0. The van der Waals surface area contributed by atoms with Crippen molar-refractivity contribution >= 4 is 22.4 Å². The highest BCUT2D eigenvalue weighted by Crippen LogP contribution is 2.22. The molecule has 1 aromatic heterocycles. The second-order valence-corrected chi connectivity index (χ2v) is 5.04. The zero-order chi connectivity index (χ0) is 10.8. The van der Waals surface area contributed by atoms with Crippen LogP contribution in [-0.4, -0.2) is 24.0 Å². The molecule has 0 spiro atoms. The van der Waals surface area contributed by atoms with Crippen molar-refractivity contribution in [3.8, 4) is 0 Å². The fourth-order valence-electron chi connectivity index (χ4n) is 1.61. The fraction of sp³-hybridized carbons (Fsp3) is 0.600. The minimum atomic E-state index is 0.0914. The molecular formula is C10H15N3OS. The summed E-state index contributed by atoms with van der Waals surface area (Å²) >= 11 is 1.54. The van der Waals surface area contributed by atoms with Crippen LogP contribution in [0.4, 0.5) is 5.13 Å². The summed E-state index contributed by atoms with van der Waals surface area (Å²) < 4.78 is 0. The largest absolute Gasteiger partial charge is 0.316 e. The van der Waals surface area contributed by atoms with Gasteiger partial charge in [-0.15, -0.1) is 11.3 Å². The van der Waals surface area contributed by atoms with Gasteiger partial charge in [-0.3, -0.25) is 4.79 Å². The first-order chi connectivity index (χ1) is 7.16. The number of hydrogen-bond acceptors (Lipinski definition) is 4. The van der Waals surface area contributed by atoms with Gasteiger partial charge in [0.1, 0.15) is 0 Å². The Hall–Kier alpha value is -0.940. The maximum Gasteiger partial charge on any atom is 0.230 e. The maximum absolute atomic E-state index is 11.8. The van der Waals surface area contributed by atoms with Gasteiger partial charge in [0.15, 0.2) is 5.13 Å². The Labute approximate surface area is 93.1 Å². The van der Waals surface area contributed by atoms with Crippen LogP contribution in [0.25, 0.3) is 0 Å². The second-order valence-electron chi connectivity index (χ2n) is 3.84. The molecule has 1 saturated heterocycles. The van der Waals surface area contributed by atoms with Crippen LogP contribution in [0.15, 0.2) is 0 Å². The van der Waals surface area contributed by atoms with Crippen LogP contribution >= 0.6 is 11.3 Å². The van der Waals surface area contributed by atoms with Crippen LogP contribution in [0.3, 0.4) is 0 Å². The Bertz CT molecular complexity index is 349. The molecule has 1 aliphatic rings. The number of thiazole rings is 1. The van der Waals surface area contributed by atoms with Gasteiger partial charge in [0.25, 0.3) is 0 Å². The highest BCUT2D eigenvalue weighted by Gasteiger charge is 2.23. The maximum atomic E-state index is 11.8. The van der Waals surface area contributed by atoms with Crippen molar-refractivity contribution in [1.29, 1.82) is 0 Å². The molecule has 1 aromatic rings. The second kappa shape index (κ2) is 4.28. The Morgan fingerprint density at radius 2 is 2.40 bits per heavy atom. The molecule has 1 amide bonds. The Morgan fingerprint density at radius 3 is 2.93 bits per heavy atom. The minimum absolute atomic E-state index is 0.0914. The normalized spacial score (nSPS) is 20.5. The van der Waals surface area contributed by atoms with Gasteiger partial charge >= 0.3 is 0 Å². The minimum Gasteiger partial charge on any atom is -0.316 e. The van der Waals surface area contributed by atoms with E-state index >= 15 is 0 Å². The van der Waals surface area contributed by atoms with E-state index in [0.29, 0.717) is 0 Å². The predicted molar refractivity (Wildman–Crippen MR) is 61.2 cm³/mol. The van der Waals surface area contributed by atoms with Gasteiger partial charge in [0.2, 0.25) is 5.91 Å². The Kier molecular flexibility index (Phi) is 3.02. The van der Waals surface area contributed by atoms with Gasteiger partial charge in [0.05, 0.1) is 11.6 Å². The Balaban J connectivity index is 1.99. The summed E-state index contributed by atoms with van der Waals surface area (Å²) in [6, 6.07) is 0. The first-order valence-electron chi connectivity index (χ1n) is 5.12. The van der Waals surface area contributed by atoms with Crippen molar-refractivity contribution in [1.82, 2.24) is 10.3 Å². The summed E-state index contributed by atoms with van der Waals surface area (Å²) in [5.74, 6) is 0.197. The summed E-state index contributed by atoms with van der Waals surface area (Å²) in [6.45, 7) is 5.70. The number of aryl methyl sites for hydroxylation is 2. The van der Waals surface area contributed by atoms with Gasteiger partial charge in [-0.05, 0) is 26.8 Å². The van der Waals surface area contributed by atoms with Crippen LogP contribution in [0, 0.1) is 19.8 Å². The van der Waals surface area contributed by atoms with Crippen molar-refractivity contribution in [2.75, 3.05) is 18.4 Å². The molecule has 2 N–H and O–H groups in total. The summed E-state index contributed by atoms with van der Waals surface area (Å²) in [4.78, 5) is 17.2. The lowest BCUT2D eigenvalue weighted by Gasteiger charge is -2.06. The first kappa shape index (κ1) is 10.6. The zero-order valence-electron chi connectivity index (χ0n) is 8.96. The average molecular weight is 225 g/mol. The van der Waals surface area contributed by atoms with Crippen molar-refractivity contribution in [3.05, 3.63) is 10.6 Å².